The van der Waals surface area contributed by atoms with E-state index in [2.05, 4.69) is 4.40 Å². The molecule has 0 bridgehead atoms. The summed E-state index contributed by atoms with van der Waals surface area (Å²) in [5.41, 5.74) is 0.110. The van der Waals surface area contributed by atoms with E-state index in [9.17, 15) is 13.2 Å². The van der Waals surface area contributed by atoms with E-state index in [-0.39, 0.29) is 15.5 Å². The number of sulfonamides is 1. The van der Waals surface area contributed by atoms with Crippen molar-refractivity contribution in [3.8, 4) is 6.07 Å². The quantitative estimate of drug-likeness (QED) is 0.577. The molecule has 0 heterocycles. The average Bonchev–Trinajstić information content (AvgIpc) is 2.18. The third-order valence-corrected chi connectivity index (χ3v) is 3.15. The first-order valence-electron chi connectivity index (χ1n) is 3.55. The number of isocyanates is 1. The molecule has 1 aromatic carbocycles. The topological polar surface area (TPSA) is 87.4 Å². The molecule has 7 heteroatoms. The Morgan fingerprint density at radius 2 is 2.07 bits per heavy atom. The smallest absolute Gasteiger partial charge is 0.210 e. The van der Waals surface area contributed by atoms with Gasteiger partial charge in [-0.15, -0.1) is 0 Å². The van der Waals surface area contributed by atoms with E-state index in [1.165, 1.54) is 12.1 Å². The molecule has 0 saturated carbocycles. The van der Waals surface area contributed by atoms with E-state index in [1.54, 1.807) is 6.07 Å². The first kappa shape index (κ1) is 11.4. The Labute approximate surface area is 90.7 Å². The number of halogens is 1. The third-order valence-electron chi connectivity index (χ3n) is 1.50. The van der Waals surface area contributed by atoms with Gasteiger partial charge in [0, 0.05) is 0 Å². The standard InChI is InChI=1S/C8H3ClN2O3S/c9-7-2-1-6(4-10)3-8(7)15(13,14)11-5-12/h1-3H. The van der Waals surface area contributed by atoms with E-state index in [1.807, 2.05) is 0 Å². The molecular formula is C8H3ClN2O3S. The van der Waals surface area contributed by atoms with Gasteiger partial charge in [-0.1, -0.05) is 16.0 Å². The van der Waals surface area contributed by atoms with Crippen LogP contribution in [0.1, 0.15) is 5.56 Å². The highest BCUT2D eigenvalue weighted by Crippen LogP contribution is 2.23. The van der Waals surface area contributed by atoms with Gasteiger partial charge in [0.2, 0.25) is 0 Å². The van der Waals surface area contributed by atoms with Crippen molar-refractivity contribution in [2.75, 3.05) is 0 Å². The summed E-state index contributed by atoms with van der Waals surface area (Å²) in [6.45, 7) is 0. The Kier molecular flexibility index (Phi) is 3.22. The Bertz CT molecular complexity index is 582. The molecule has 0 atom stereocenters. The monoisotopic (exact) mass is 242 g/mol. The lowest BCUT2D eigenvalue weighted by atomic mass is 10.2. The van der Waals surface area contributed by atoms with Gasteiger partial charge in [-0.25, -0.2) is 4.79 Å². The molecular weight excluding hydrogens is 240 g/mol. The zero-order chi connectivity index (χ0) is 11.5. The van der Waals surface area contributed by atoms with Crippen molar-refractivity contribution in [1.82, 2.24) is 0 Å². The molecule has 0 spiro atoms. The summed E-state index contributed by atoms with van der Waals surface area (Å²) in [6.07, 6.45) is 0.917. The normalized spacial score (nSPS) is 10.1. The number of nitrogens with zero attached hydrogens (tertiary/aromatic N) is 2. The molecule has 15 heavy (non-hydrogen) atoms. The first-order valence-corrected chi connectivity index (χ1v) is 5.37. The van der Waals surface area contributed by atoms with Gasteiger partial charge in [0.05, 0.1) is 16.7 Å². The maximum absolute atomic E-state index is 11.3. The van der Waals surface area contributed by atoms with Gasteiger partial charge in [0.1, 0.15) is 4.90 Å². The minimum atomic E-state index is -4.16. The molecule has 0 aliphatic carbocycles. The Morgan fingerprint density at radius 3 is 2.60 bits per heavy atom. The minimum Gasteiger partial charge on any atom is -0.210 e. The van der Waals surface area contributed by atoms with Gasteiger partial charge < -0.3 is 0 Å². The molecule has 0 unspecified atom stereocenters. The largest absolute Gasteiger partial charge is 0.294 e. The average molecular weight is 243 g/mol. The zero-order valence-corrected chi connectivity index (χ0v) is 8.71. The van der Waals surface area contributed by atoms with Crippen LogP contribution in [0.5, 0.6) is 0 Å². The number of carbonyl (C=O) groups excluding carboxylic acids is 1. The molecule has 0 aliphatic rings. The summed E-state index contributed by atoms with van der Waals surface area (Å²) >= 11 is 5.60. The summed E-state index contributed by atoms with van der Waals surface area (Å²) in [5.74, 6) is 0. The number of rotatable bonds is 2. The van der Waals surface area contributed by atoms with Crippen LogP contribution in [0.3, 0.4) is 0 Å². The number of benzene rings is 1. The van der Waals surface area contributed by atoms with E-state index in [0.29, 0.717) is 0 Å². The summed E-state index contributed by atoms with van der Waals surface area (Å²) in [7, 11) is -4.16. The van der Waals surface area contributed by atoms with E-state index < -0.39 is 10.0 Å². The van der Waals surface area contributed by atoms with Crippen molar-refractivity contribution in [2.24, 2.45) is 4.40 Å². The lowest BCUT2D eigenvalue weighted by Gasteiger charge is -1.99. The summed E-state index contributed by atoms with van der Waals surface area (Å²) in [6, 6.07) is 5.38. The molecule has 0 fully saturated rings. The maximum Gasteiger partial charge on any atom is 0.294 e. The Morgan fingerprint density at radius 1 is 1.40 bits per heavy atom. The van der Waals surface area contributed by atoms with E-state index in [0.717, 1.165) is 12.1 Å². The van der Waals surface area contributed by atoms with Crippen molar-refractivity contribution < 1.29 is 13.2 Å². The highest BCUT2D eigenvalue weighted by atomic mass is 35.5. The Hall–Kier alpha value is -1.67. The van der Waals surface area contributed by atoms with Gasteiger partial charge in [-0.2, -0.15) is 13.7 Å². The number of hydrogen-bond donors (Lipinski definition) is 0. The number of hydrogen-bond acceptors (Lipinski definition) is 4. The molecule has 0 saturated heterocycles. The molecule has 0 amide bonds. The van der Waals surface area contributed by atoms with Crippen molar-refractivity contribution in [1.29, 1.82) is 5.26 Å². The van der Waals surface area contributed by atoms with Crippen LogP contribution in [0.2, 0.25) is 5.02 Å². The maximum atomic E-state index is 11.3. The fourth-order valence-corrected chi connectivity index (χ4v) is 2.07. The molecule has 0 aliphatic heterocycles. The predicted molar refractivity (Wildman–Crippen MR) is 51.5 cm³/mol. The van der Waals surface area contributed by atoms with Crippen molar-refractivity contribution >= 4 is 27.7 Å². The minimum absolute atomic E-state index is 0.104. The SMILES string of the molecule is N#Cc1ccc(Cl)c(S(=O)(=O)N=C=O)c1. The Balaban J connectivity index is 3.51. The van der Waals surface area contributed by atoms with Crippen LogP contribution in [0.4, 0.5) is 0 Å². The zero-order valence-electron chi connectivity index (χ0n) is 7.14. The first-order chi connectivity index (χ1) is 7.01. The van der Waals surface area contributed by atoms with Crippen LogP contribution in [-0.4, -0.2) is 14.5 Å². The lowest BCUT2D eigenvalue weighted by Crippen LogP contribution is -1.98. The van der Waals surface area contributed by atoms with Gasteiger partial charge in [-0.05, 0) is 18.2 Å². The molecule has 0 N–H and O–H groups in total. The van der Waals surface area contributed by atoms with Crippen molar-refractivity contribution in [3.05, 3.63) is 28.8 Å². The van der Waals surface area contributed by atoms with Gasteiger partial charge in [0.15, 0.2) is 0 Å². The third kappa shape index (κ3) is 2.42. The van der Waals surface area contributed by atoms with Crippen molar-refractivity contribution in [3.63, 3.8) is 0 Å². The van der Waals surface area contributed by atoms with Gasteiger partial charge >= 0.3 is 0 Å². The van der Waals surface area contributed by atoms with E-state index in [4.69, 9.17) is 16.9 Å². The molecule has 5 nitrogen and oxygen atoms in total. The fraction of sp³-hybridized carbons (Fsp3) is 0. The summed E-state index contributed by atoms with van der Waals surface area (Å²) < 4.78 is 25.2. The second kappa shape index (κ2) is 4.24. The van der Waals surface area contributed by atoms with Crippen LogP contribution >= 0.6 is 11.6 Å². The molecule has 0 radical (unpaired) electrons. The highest BCUT2D eigenvalue weighted by molar-refractivity contribution is 7.90. The second-order valence-electron chi connectivity index (χ2n) is 2.41. The fourth-order valence-electron chi connectivity index (χ4n) is 0.869. The molecule has 1 aromatic rings. The van der Waals surface area contributed by atoms with Crippen molar-refractivity contribution in [2.45, 2.75) is 4.90 Å². The van der Waals surface area contributed by atoms with Crippen LogP contribution in [0, 0.1) is 11.3 Å². The van der Waals surface area contributed by atoms with Crippen LogP contribution < -0.4 is 0 Å². The van der Waals surface area contributed by atoms with Gasteiger partial charge in [-0.3, -0.25) is 0 Å². The van der Waals surface area contributed by atoms with Crippen LogP contribution in [0.15, 0.2) is 27.5 Å². The molecule has 76 valence electrons. The van der Waals surface area contributed by atoms with E-state index >= 15 is 0 Å². The lowest BCUT2D eigenvalue weighted by molar-refractivity contribution is 0.563. The van der Waals surface area contributed by atoms with Gasteiger partial charge in [0.25, 0.3) is 16.1 Å². The predicted octanol–water partition coefficient (Wildman–Crippen LogP) is 1.24. The highest BCUT2D eigenvalue weighted by Gasteiger charge is 2.17. The molecule has 0 aromatic heterocycles. The summed E-state index contributed by atoms with van der Waals surface area (Å²) in [4.78, 5) is 9.50. The van der Waals surface area contributed by atoms with Crippen LogP contribution in [-0.2, 0) is 14.8 Å². The molecule has 1 rings (SSSR count). The van der Waals surface area contributed by atoms with Crippen LogP contribution in [0.25, 0.3) is 0 Å². The summed E-state index contributed by atoms with van der Waals surface area (Å²) in [5, 5.41) is 8.45. The number of nitriles is 1. The second-order valence-corrected chi connectivity index (χ2v) is 4.39.